The van der Waals surface area contributed by atoms with Crippen molar-refractivity contribution >= 4 is 17.4 Å². The zero-order chi connectivity index (χ0) is 16.6. The van der Waals surface area contributed by atoms with Gasteiger partial charge in [0.05, 0.1) is 23.0 Å². The SMILES string of the molecule is Cn1cc(C=CC(=O)c2cnn3ccccc23)c(C(C)(C)C)n1. The molecule has 0 aliphatic heterocycles. The maximum absolute atomic E-state index is 12.5. The summed E-state index contributed by atoms with van der Waals surface area (Å²) in [5, 5.41) is 8.71. The molecule has 3 aromatic heterocycles. The van der Waals surface area contributed by atoms with Crippen molar-refractivity contribution in [3.8, 4) is 0 Å². The average molecular weight is 308 g/mol. The van der Waals surface area contributed by atoms with E-state index in [2.05, 4.69) is 31.0 Å². The highest BCUT2D eigenvalue weighted by Gasteiger charge is 2.20. The van der Waals surface area contributed by atoms with Crippen molar-refractivity contribution in [2.75, 3.05) is 0 Å². The Bertz CT molecular complexity index is 893. The van der Waals surface area contributed by atoms with Crippen LogP contribution in [0.2, 0.25) is 0 Å². The monoisotopic (exact) mass is 308 g/mol. The van der Waals surface area contributed by atoms with Gasteiger partial charge in [0.15, 0.2) is 5.78 Å². The van der Waals surface area contributed by atoms with E-state index in [9.17, 15) is 4.79 Å². The van der Waals surface area contributed by atoms with Gasteiger partial charge in [0.25, 0.3) is 0 Å². The molecular weight excluding hydrogens is 288 g/mol. The number of hydrogen-bond acceptors (Lipinski definition) is 3. The lowest BCUT2D eigenvalue weighted by Gasteiger charge is -2.16. The van der Waals surface area contributed by atoms with Crippen LogP contribution in [0.4, 0.5) is 0 Å². The summed E-state index contributed by atoms with van der Waals surface area (Å²) in [6.45, 7) is 6.33. The molecule has 3 rings (SSSR count). The third kappa shape index (κ3) is 2.95. The number of hydrogen-bond donors (Lipinski definition) is 0. The van der Waals surface area contributed by atoms with Crippen molar-refractivity contribution < 1.29 is 4.79 Å². The van der Waals surface area contributed by atoms with Gasteiger partial charge in [0, 0.05) is 30.4 Å². The summed E-state index contributed by atoms with van der Waals surface area (Å²) in [7, 11) is 1.89. The van der Waals surface area contributed by atoms with E-state index in [1.54, 1.807) is 21.5 Å². The number of carbonyl (C=O) groups is 1. The molecule has 0 radical (unpaired) electrons. The van der Waals surface area contributed by atoms with Gasteiger partial charge in [-0.2, -0.15) is 10.2 Å². The van der Waals surface area contributed by atoms with Crippen molar-refractivity contribution in [1.29, 1.82) is 0 Å². The molecule has 0 bridgehead atoms. The van der Waals surface area contributed by atoms with Crippen LogP contribution in [0, 0.1) is 0 Å². The van der Waals surface area contributed by atoms with E-state index in [1.165, 1.54) is 0 Å². The smallest absolute Gasteiger partial charge is 0.189 e. The minimum Gasteiger partial charge on any atom is -0.289 e. The largest absolute Gasteiger partial charge is 0.289 e. The van der Waals surface area contributed by atoms with Gasteiger partial charge in [-0.25, -0.2) is 4.52 Å². The Balaban J connectivity index is 1.93. The Morgan fingerprint density at radius 1 is 1.26 bits per heavy atom. The average Bonchev–Trinajstić information content (AvgIpc) is 3.07. The fourth-order valence-electron chi connectivity index (χ4n) is 2.59. The van der Waals surface area contributed by atoms with Gasteiger partial charge in [0.1, 0.15) is 0 Å². The molecular formula is C18H20N4O. The molecule has 0 fully saturated rings. The second kappa shape index (κ2) is 5.50. The molecule has 0 spiro atoms. The zero-order valence-electron chi connectivity index (χ0n) is 13.8. The fraction of sp³-hybridized carbons (Fsp3) is 0.278. The Hall–Kier alpha value is -2.69. The Kier molecular flexibility index (Phi) is 3.64. The van der Waals surface area contributed by atoms with Gasteiger partial charge >= 0.3 is 0 Å². The first-order valence-corrected chi connectivity index (χ1v) is 7.55. The third-order valence-corrected chi connectivity index (χ3v) is 3.67. The molecule has 3 heterocycles. The number of fused-ring (bicyclic) bond motifs is 1. The van der Waals surface area contributed by atoms with Crippen LogP contribution in [0.1, 0.15) is 42.4 Å². The summed E-state index contributed by atoms with van der Waals surface area (Å²) in [4.78, 5) is 12.5. The lowest BCUT2D eigenvalue weighted by molar-refractivity contribution is 0.104. The number of aromatic nitrogens is 4. The van der Waals surface area contributed by atoms with Crippen molar-refractivity contribution in [3.63, 3.8) is 0 Å². The molecule has 0 aromatic carbocycles. The second-order valence-electron chi connectivity index (χ2n) is 6.64. The van der Waals surface area contributed by atoms with Crippen LogP contribution in [-0.2, 0) is 12.5 Å². The van der Waals surface area contributed by atoms with E-state index in [1.807, 2.05) is 43.7 Å². The highest BCUT2D eigenvalue weighted by Crippen LogP contribution is 2.25. The number of ketones is 1. The topological polar surface area (TPSA) is 52.2 Å². The fourth-order valence-corrected chi connectivity index (χ4v) is 2.59. The van der Waals surface area contributed by atoms with E-state index in [4.69, 9.17) is 0 Å². The molecule has 0 saturated heterocycles. The zero-order valence-corrected chi connectivity index (χ0v) is 13.8. The minimum atomic E-state index is -0.0750. The van der Waals surface area contributed by atoms with Gasteiger partial charge in [-0.05, 0) is 24.3 Å². The molecule has 23 heavy (non-hydrogen) atoms. The van der Waals surface area contributed by atoms with Crippen LogP contribution in [-0.4, -0.2) is 25.2 Å². The van der Waals surface area contributed by atoms with E-state index in [0.717, 1.165) is 16.8 Å². The van der Waals surface area contributed by atoms with Crippen LogP contribution in [0.5, 0.6) is 0 Å². The third-order valence-electron chi connectivity index (χ3n) is 3.67. The molecule has 0 amide bonds. The van der Waals surface area contributed by atoms with Crippen LogP contribution >= 0.6 is 0 Å². The van der Waals surface area contributed by atoms with Crippen LogP contribution in [0.25, 0.3) is 11.6 Å². The van der Waals surface area contributed by atoms with Gasteiger partial charge in [0.2, 0.25) is 0 Å². The lowest BCUT2D eigenvalue weighted by Crippen LogP contribution is -2.13. The highest BCUT2D eigenvalue weighted by atomic mass is 16.1. The quantitative estimate of drug-likeness (QED) is 0.551. The molecule has 0 N–H and O–H groups in total. The summed E-state index contributed by atoms with van der Waals surface area (Å²) >= 11 is 0. The number of pyridine rings is 1. The van der Waals surface area contributed by atoms with Gasteiger partial charge in [-0.15, -0.1) is 0 Å². The first kappa shape index (κ1) is 15.2. The summed E-state index contributed by atoms with van der Waals surface area (Å²) in [5.74, 6) is -0.0603. The second-order valence-corrected chi connectivity index (χ2v) is 6.64. The number of allylic oxidation sites excluding steroid dienone is 1. The van der Waals surface area contributed by atoms with E-state index in [-0.39, 0.29) is 11.2 Å². The van der Waals surface area contributed by atoms with E-state index >= 15 is 0 Å². The van der Waals surface area contributed by atoms with Crippen molar-refractivity contribution in [1.82, 2.24) is 19.4 Å². The van der Waals surface area contributed by atoms with Crippen LogP contribution in [0.15, 0.2) is 42.9 Å². The predicted octanol–water partition coefficient (Wildman–Crippen LogP) is 3.26. The number of nitrogens with zero attached hydrogens (tertiary/aromatic N) is 4. The summed E-state index contributed by atoms with van der Waals surface area (Å²) in [6.07, 6.45) is 8.80. The maximum Gasteiger partial charge on any atom is 0.189 e. The highest BCUT2D eigenvalue weighted by molar-refractivity contribution is 6.11. The van der Waals surface area contributed by atoms with Crippen molar-refractivity contribution in [2.24, 2.45) is 7.05 Å². The van der Waals surface area contributed by atoms with E-state index in [0.29, 0.717) is 5.56 Å². The van der Waals surface area contributed by atoms with Crippen LogP contribution < -0.4 is 0 Å². The number of aryl methyl sites for hydroxylation is 1. The van der Waals surface area contributed by atoms with E-state index < -0.39 is 0 Å². The van der Waals surface area contributed by atoms with Crippen molar-refractivity contribution in [2.45, 2.75) is 26.2 Å². The molecule has 5 heteroatoms. The first-order valence-electron chi connectivity index (χ1n) is 7.55. The number of carbonyl (C=O) groups excluding carboxylic acids is 1. The molecule has 0 aliphatic carbocycles. The van der Waals surface area contributed by atoms with Gasteiger partial charge < -0.3 is 0 Å². The van der Waals surface area contributed by atoms with Crippen LogP contribution in [0.3, 0.4) is 0 Å². The molecule has 0 unspecified atom stereocenters. The van der Waals surface area contributed by atoms with Gasteiger partial charge in [-0.1, -0.05) is 26.8 Å². The molecule has 5 nitrogen and oxygen atoms in total. The molecule has 0 aliphatic rings. The maximum atomic E-state index is 12.5. The molecule has 118 valence electrons. The Morgan fingerprint density at radius 2 is 2.04 bits per heavy atom. The van der Waals surface area contributed by atoms with Gasteiger partial charge in [-0.3, -0.25) is 9.48 Å². The Morgan fingerprint density at radius 3 is 2.78 bits per heavy atom. The summed E-state index contributed by atoms with van der Waals surface area (Å²) in [6, 6.07) is 5.67. The lowest BCUT2D eigenvalue weighted by atomic mass is 9.89. The first-order chi connectivity index (χ1) is 10.9. The Labute approximate surface area is 135 Å². The van der Waals surface area contributed by atoms with Crippen molar-refractivity contribution in [3.05, 3.63) is 59.7 Å². The summed E-state index contributed by atoms with van der Waals surface area (Å²) < 4.78 is 3.48. The number of rotatable bonds is 3. The molecule has 0 saturated carbocycles. The molecule has 3 aromatic rings. The summed E-state index contributed by atoms with van der Waals surface area (Å²) in [5.41, 5.74) is 3.27. The minimum absolute atomic E-state index is 0.0603. The normalized spacial score (nSPS) is 12.3. The molecule has 0 atom stereocenters. The standard InChI is InChI=1S/C18H20N4O/c1-18(2,3)17-13(12-21(4)20-17)8-9-16(23)14-11-19-22-10-6-5-7-15(14)22/h5-12H,1-4H3. The predicted molar refractivity (Wildman–Crippen MR) is 90.5 cm³/mol.